The SMILES string of the molecule is CC#CCNC(=O)CC1(CC(=O)O)CCCC1. The number of hydrogen-bond donors (Lipinski definition) is 2. The first-order valence-corrected chi connectivity index (χ1v) is 5.96. The molecule has 0 bridgehead atoms. The van der Waals surface area contributed by atoms with Crippen molar-refractivity contribution in [1.29, 1.82) is 0 Å². The van der Waals surface area contributed by atoms with Crippen molar-refractivity contribution in [1.82, 2.24) is 5.32 Å². The number of nitrogens with one attached hydrogen (secondary N) is 1. The summed E-state index contributed by atoms with van der Waals surface area (Å²) in [7, 11) is 0. The Morgan fingerprint density at radius 2 is 1.94 bits per heavy atom. The summed E-state index contributed by atoms with van der Waals surface area (Å²) in [5.74, 6) is 4.56. The fourth-order valence-corrected chi connectivity index (χ4v) is 2.50. The van der Waals surface area contributed by atoms with Crippen LogP contribution in [-0.4, -0.2) is 23.5 Å². The molecule has 4 nitrogen and oxygen atoms in total. The number of rotatable bonds is 5. The topological polar surface area (TPSA) is 66.4 Å². The van der Waals surface area contributed by atoms with Gasteiger partial charge in [-0.05, 0) is 25.2 Å². The molecule has 0 atom stereocenters. The number of aliphatic carboxylic acids is 1. The summed E-state index contributed by atoms with van der Waals surface area (Å²) in [5.41, 5.74) is -0.324. The number of amides is 1. The third-order valence-corrected chi connectivity index (χ3v) is 3.28. The average molecular weight is 237 g/mol. The maximum Gasteiger partial charge on any atom is 0.303 e. The predicted octanol–water partition coefficient (Wildman–Crippen LogP) is 1.55. The zero-order chi connectivity index (χ0) is 12.7. The Morgan fingerprint density at radius 1 is 1.29 bits per heavy atom. The van der Waals surface area contributed by atoms with Crippen molar-refractivity contribution in [3.63, 3.8) is 0 Å². The van der Waals surface area contributed by atoms with Crippen molar-refractivity contribution < 1.29 is 14.7 Å². The molecular weight excluding hydrogens is 218 g/mol. The number of carbonyl (C=O) groups excluding carboxylic acids is 1. The van der Waals surface area contributed by atoms with Crippen molar-refractivity contribution in [2.45, 2.75) is 45.4 Å². The first kappa shape index (κ1) is 13.6. The van der Waals surface area contributed by atoms with Crippen LogP contribution in [-0.2, 0) is 9.59 Å². The molecule has 1 rings (SSSR count). The van der Waals surface area contributed by atoms with Gasteiger partial charge in [0.25, 0.3) is 0 Å². The lowest BCUT2D eigenvalue weighted by Gasteiger charge is -2.26. The van der Waals surface area contributed by atoms with E-state index in [9.17, 15) is 9.59 Å². The normalized spacial score (nSPS) is 17.0. The van der Waals surface area contributed by atoms with E-state index >= 15 is 0 Å². The third kappa shape index (κ3) is 4.48. The van der Waals surface area contributed by atoms with Gasteiger partial charge in [-0.3, -0.25) is 9.59 Å². The highest BCUT2D eigenvalue weighted by atomic mass is 16.4. The van der Waals surface area contributed by atoms with Crippen LogP contribution in [0.5, 0.6) is 0 Å². The molecule has 0 unspecified atom stereocenters. The lowest BCUT2D eigenvalue weighted by molar-refractivity contribution is -0.140. The smallest absolute Gasteiger partial charge is 0.303 e. The van der Waals surface area contributed by atoms with Crippen LogP contribution < -0.4 is 5.32 Å². The van der Waals surface area contributed by atoms with Gasteiger partial charge in [0.2, 0.25) is 5.91 Å². The second kappa shape index (κ2) is 6.29. The Labute approximate surface area is 102 Å². The molecule has 2 N–H and O–H groups in total. The molecule has 0 radical (unpaired) electrons. The average Bonchev–Trinajstić information content (AvgIpc) is 2.65. The van der Waals surface area contributed by atoms with E-state index in [1.807, 2.05) is 0 Å². The summed E-state index contributed by atoms with van der Waals surface area (Å²) in [5, 5.41) is 11.6. The fraction of sp³-hybridized carbons (Fsp3) is 0.692. The molecule has 1 aliphatic rings. The number of carboxylic acids is 1. The van der Waals surface area contributed by atoms with Gasteiger partial charge in [0, 0.05) is 6.42 Å². The fourth-order valence-electron chi connectivity index (χ4n) is 2.50. The molecule has 1 fully saturated rings. The van der Waals surface area contributed by atoms with E-state index in [1.54, 1.807) is 6.92 Å². The van der Waals surface area contributed by atoms with Crippen molar-refractivity contribution in [2.24, 2.45) is 5.41 Å². The van der Waals surface area contributed by atoms with Gasteiger partial charge in [-0.15, -0.1) is 5.92 Å². The monoisotopic (exact) mass is 237 g/mol. The van der Waals surface area contributed by atoms with Gasteiger partial charge in [0.05, 0.1) is 13.0 Å². The molecule has 0 spiro atoms. The van der Waals surface area contributed by atoms with Gasteiger partial charge in [0.15, 0.2) is 0 Å². The minimum atomic E-state index is -0.812. The Morgan fingerprint density at radius 3 is 2.47 bits per heavy atom. The molecule has 0 aromatic heterocycles. The molecule has 0 aromatic rings. The summed E-state index contributed by atoms with van der Waals surface area (Å²) >= 11 is 0. The van der Waals surface area contributed by atoms with E-state index in [-0.39, 0.29) is 17.7 Å². The molecule has 1 saturated carbocycles. The molecule has 1 aliphatic carbocycles. The summed E-state index contributed by atoms with van der Waals surface area (Å²) in [6, 6.07) is 0. The minimum absolute atomic E-state index is 0.0871. The van der Waals surface area contributed by atoms with E-state index in [1.165, 1.54) is 0 Å². The maximum absolute atomic E-state index is 11.7. The van der Waals surface area contributed by atoms with Gasteiger partial charge in [0.1, 0.15) is 0 Å². The molecule has 0 saturated heterocycles. The van der Waals surface area contributed by atoms with E-state index in [0.717, 1.165) is 25.7 Å². The summed E-state index contributed by atoms with van der Waals surface area (Å²) < 4.78 is 0. The zero-order valence-corrected chi connectivity index (χ0v) is 10.2. The Balaban J connectivity index is 2.50. The highest BCUT2D eigenvalue weighted by molar-refractivity contribution is 5.78. The highest BCUT2D eigenvalue weighted by Gasteiger charge is 2.37. The second-order valence-electron chi connectivity index (χ2n) is 4.66. The third-order valence-electron chi connectivity index (χ3n) is 3.28. The molecular formula is C13H19NO3. The van der Waals surface area contributed by atoms with Crippen LogP contribution >= 0.6 is 0 Å². The first-order chi connectivity index (χ1) is 8.08. The second-order valence-corrected chi connectivity index (χ2v) is 4.66. The van der Waals surface area contributed by atoms with Crippen LogP contribution in [0.4, 0.5) is 0 Å². The Hall–Kier alpha value is -1.50. The molecule has 0 aromatic carbocycles. The van der Waals surface area contributed by atoms with Crippen LogP contribution in [0.2, 0.25) is 0 Å². The van der Waals surface area contributed by atoms with Crippen LogP contribution in [0, 0.1) is 17.3 Å². The van der Waals surface area contributed by atoms with Crippen molar-refractivity contribution in [3.8, 4) is 11.8 Å². The minimum Gasteiger partial charge on any atom is -0.481 e. The Bertz CT molecular complexity index is 345. The molecule has 94 valence electrons. The summed E-state index contributed by atoms with van der Waals surface area (Å²) in [6.45, 7) is 2.06. The standard InChI is InChI=1S/C13H19NO3/c1-2-3-8-14-11(15)9-13(10-12(16)17)6-4-5-7-13/h4-10H2,1H3,(H,14,15)(H,16,17). The Kier molecular flexibility index (Phi) is 5.02. The quantitative estimate of drug-likeness (QED) is 0.713. The van der Waals surface area contributed by atoms with Gasteiger partial charge in [-0.25, -0.2) is 0 Å². The molecule has 0 heterocycles. The van der Waals surface area contributed by atoms with Gasteiger partial charge in [-0.2, -0.15) is 0 Å². The molecule has 0 aliphatic heterocycles. The van der Waals surface area contributed by atoms with Crippen molar-refractivity contribution in [3.05, 3.63) is 0 Å². The highest BCUT2D eigenvalue weighted by Crippen LogP contribution is 2.43. The lowest BCUT2D eigenvalue weighted by Crippen LogP contribution is -2.32. The van der Waals surface area contributed by atoms with Crippen LogP contribution in [0.3, 0.4) is 0 Å². The van der Waals surface area contributed by atoms with Crippen LogP contribution in [0.25, 0.3) is 0 Å². The lowest BCUT2D eigenvalue weighted by atomic mass is 9.79. The van der Waals surface area contributed by atoms with Crippen molar-refractivity contribution >= 4 is 11.9 Å². The number of hydrogen-bond acceptors (Lipinski definition) is 2. The van der Waals surface area contributed by atoms with Crippen LogP contribution in [0.15, 0.2) is 0 Å². The van der Waals surface area contributed by atoms with Crippen molar-refractivity contribution in [2.75, 3.05) is 6.54 Å². The first-order valence-electron chi connectivity index (χ1n) is 5.96. The number of carboxylic acid groups (broad SMARTS) is 1. The van der Waals surface area contributed by atoms with E-state index in [4.69, 9.17) is 5.11 Å². The van der Waals surface area contributed by atoms with E-state index < -0.39 is 5.97 Å². The van der Waals surface area contributed by atoms with Gasteiger partial charge >= 0.3 is 5.97 Å². The van der Waals surface area contributed by atoms with E-state index in [2.05, 4.69) is 17.2 Å². The summed E-state index contributed by atoms with van der Waals surface area (Å²) in [4.78, 5) is 22.5. The van der Waals surface area contributed by atoms with Gasteiger partial charge < -0.3 is 10.4 Å². The van der Waals surface area contributed by atoms with E-state index in [0.29, 0.717) is 13.0 Å². The predicted molar refractivity (Wildman–Crippen MR) is 64.2 cm³/mol. The molecule has 17 heavy (non-hydrogen) atoms. The van der Waals surface area contributed by atoms with Crippen LogP contribution in [0.1, 0.15) is 45.4 Å². The molecule has 1 amide bonds. The maximum atomic E-state index is 11.7. The summed E-state index contributed by atoms with van der Waals surface area (Å²) in [6.07, 6.45) is 4.13. The number of carbonyl (C=O) groups is 2. The van der Waals surface area contributed by atoms with Gasteiger partial charge in [-0.1, -0.05) is 18.8 Å². The largest absolute Gasteiger partial charge is 0.481 e. The zero-order valence-electron chi connectivity index (χ0n) is 10.2. The molecule has 4 heteroatoms.